The van der Waals surface area contributed by atoms with Crippen LogP contribution in [0.4, 0.5) is 0 Å². The summed E-state index contributed by atoms with van der Waals surface area (Å²) in [6.07, 6.45) is 7.86. The van der Waals surface area contributed by atoms with Crippen LogP contribution < -0.4 is 10.1 Å². The normalized spacial score (nSPS) is 15.3. The van der Waals surface area contributed by atoms with Crippen molar-refractivity contribution in [1.82, 2.24) is 10.2 Å². The molecule has 22 heavy (non-hydrogen) atoms. The first kappa shape index (κ1) is 16.6. The van der Waals surface area contributed by atoms with Crippen LogP contribution in [0.1, 0.15) is 24.8 Å². The molecule has 1 aliphatic rings. The number of carbonyl (C=O) groups excluding carboxylic acids is 1. The number of ether oxygens (including phenoxy) is 1. The molecule has 1 amide bonds. The van der Waals surface area contributed by atoms with Crippen molar-refractivity contribution < 1.29 is 9.53 Å². The van der Waals surface area contributed by atoms with Crippen LogP contribution in [0.25, 0.3) is 0 Å². The number of hydrogen-bond acceptors (Lipinski definition) is 3. The summed E-state index contributed by atoms with van der Waals surface area (Å²) < 4.78 is 5.13. The van der Waals surface area contributed by atoms with Gasteiger partial charge < -0.3 is 15.0 Å². The van der Waals surface area contributed by atoms with Gasteiger partial charge in [0, 0.05) is 19.5 Å². The lowest BCUT2D eigenvalue weighted by Gasteiger charge is -2.14. The molecule has 2 rings (SSSR count). The summed E-state index contributed by atoms with van der Waals surface area (Å²) >= 11 is 0. The molecule has 0 bridgehead atoms. The van der Waals surface area contributed by atoms with Gasteiger partial charge in [-0.1, -0.05) is 24.3 Å². The quantitative estimate of drug-likeness (QED) is 0.750. The van der Waals surface area contributed by atoms with Gasteiger partial charge in [0.1, 0.15) is 5.75 Å². The number of allylic oxidation sites excluding steroid dienone is 1. The second-order valence-electron chi connectivity index (χ2n) is 5.63. The number of hydrogen-bond donors (Lipinski definition) is 1. The summed E-state index contributed by atoms with van der Waals surface area (Å²) in [5.74, 6) is 0.968. The van der Waals surface area contributed by atoms with Gasteiger partial charge in [-0.25, -0.2) is 0 Å². The maximum Gasteiger partial charge on any atom is 0.223 e. The first-order valence-corrected chi connectivity index (χ1v) is 8.05. The average molecular weight is 302 g/mol. The third-order valence-electron chi connectivity index (χ3n) is 3.93. The molecule has 0 unspecified atom stereocenters. The predicted octanol–water partition coefficient (Wildman–Crippen LogP) is 2.40. The van der Waals surface area contributed by atoms with E-state index in [4.69, 9.17) is 4.74 Å². The molecule has 0 aromatic heterocycles. The third-order valence-corrected chi connectivity index (χ3v) is 3.93. The van der Waals surface area contributed by atoms with Crippen LogP contribution in [0.5, 0.6) is 5.75 Å². The fourth-order valence-electron chi connectivity index (χ4n) is 2.60. The van der Waals surface area contributed by atoms with Crippen LogP contribution in [-0.4, -0.2) is 44.1 Å². The Morgan fingerprint density at radius 1 is 1.23 bits per heavy atom. The van der Waals surface area contributed by atoms with Crippen molar-refractivity contribution in [2.45, 2.75) is 25.7 Å². The lowest BCUT2D eigenvalue weighted by molar-refractivity contribution is -0.120. The Hall–Kier alpha value is -1.81. The highest BCUT2D eigenvalue weighted by Gasteiger charge is 2.10. The maximum atomic E-state index is 11.7. The number of nitrogens with zero attached hydrogens (tertiary/aromatic N) is 1. The third kappa shape index (κ3) is 5.90. The molecule has 1 aromatic carbocycles. The molecule has 0 saturated carbocycles. The molecule has 1 fully saturated rings. The SMILES string of the molecule is COc1ccc(C/C=C\CC(=O)NCCN2CCCC2)cc1. The van der Waals surface area contributed by atoms with Crippen molar-refractivity contribution in [2.24, 2.45) is 0 Å². The summed E-state index contributed by atoms with van der Waals surface area (Å²) in [6.45, 7) is 4.09. The van der Waals surface area contributed by atoms with Gasteiger partial charge in [0.25, 0.3) is 0 Å². The number of amides is 1. The van der Waals surface area contributed by atoms with E-state index in [0.29, 0.717) is 6.42 Å². The largest absolute Gasteiger partial charge is 0.497 e. The summed E-state index contributed by atoms with van der Waals surface area (Å²) in [6, 6.07) is 7.99. The van der Waals surface area contributed by atoms with Crippen molar-refractivity contribution in [3.8, 4) is 5.75 Å². The Balaban J connectivity index is 1.58. The highest BCUT2D eigenvalue weighted by Crippen LogP contribution is 2.11. The van der Waals surface area contributed by atoms with Gasteiger partial charge in [-0.15, -0.1) is 0 Å². The number of nitrogens with one attached hydrogen (secondary N) is 1. The second-order valence-corrected chi connectivity index (χ2v) is 5.63. The molecule has 0 radical (unpaired) electrons. The highest BCUT2D eigenvalue weighted by atomic mass is 16.5. The molecule has 0 aliphatic carbocycles. The molecule has 1 N–H and O–H groups in total. The van der Waals surface area contributed by atoms with E-state index in [2.05, 4.69) is 10.2 Å². The molecule has 1 aromatic rings. The molecule has 0 atom stereocenters. The Bertz CT molecular complexity index is 476. The van der Waals surface area contributed by atoms with Crippen LogP contribution in [0.2, 0.25) is 0 Å². The zero-order chi connectivity index (χ0) is 15.6. The maximum absolute atomic E-state index is 11.7. The van der Waals surface area contributed by atoms with Crippen LogP contribution in [0.3, 0.4) is 0 Å². The van der Waals surface area contributed by atoms with Gasteiger partial charge >= 0.3 is 0 Å². The van der Waals surface area contributed by atoms with E-state index in [1.807, 2.05) is 36.4 Å². The second kappa shape index (κ2) is 9.26. The van der Waals surface area contributed by atoms with Crippen LogP contribution >= 0.6 is 0 Å². The Kier molecular flexibility index (Phi) is 6.97. The van der Waals surface area contributed by atoms with E-state index >= 15 is 0 Å². The van der Waals surface area contributed by atoms with Crippen molar-refractivity contribution in [2.75, 3.05) is 33.3 Å². The fourth-order valence-corrected chi connectivity index (χ4v) is 2.60. The van der Waals surface area contributed by atoms with Crippen molar-refractivity contribution in [1.29, 1.82) is 0 Å². The minimum absolute atomic E-state index is 0.102. The van der Waals surface area contributed by atoms with E-state index < -0.39 is 0 Å². The van der Waals surface area contributed by atoms with Crippen molar-refractivity contribution in [3.63, 3.8) is 0 Å². The van der Waals surface area contributed by atoms with Crippen LogP contribution in [0, 0.1) is 0 Å². The monoisotopic (exact) mass is 302 g/mol. The molecular formula is C18H26N2O2. The smallest absolute Gasteiger partial charge is 0.223 e. The number of likely N-dealkylation sites (tertiary alicyclic amines) is 1. The number of benzene rings is 1. The first-order valence-electron chi connectivity index (χ1n) is 8.05. The minimum Gasteiger partial charge on any atom is -0.497 e. The van der Waals surface area contributed by atoms with Gasteiger partial charge in [-0.3, -0.25) is 4.79 Å². The number of methoxy groups -OCH3 is 1. The van der Waals surface area contributed by atoms with E-state index in [9.17, 15) is 4.79 Å². The summed E-state index contributed by atoms with van der Waals surface area (Å²) in [7, 11) is 1.66. The van der Waals surface area contributed by atoms with Gasteiger partial charge in [0.05, 0.1) is 7.11 Å². The molecule has 1 aliphatic heterocycles. The van der Waals surface area contributed by atoms with Gasteiger partial charge in [-0.05, 0) is 50.0 Å². The zero-order valence-corrected chi connectivity index (χ0v) is 13.4. The topological polar surface area (TPSA) is 41.6 Å². The lowest BCUT2D eigenvalue weighted by Crippen LogP contribution is -2.33. The van der Waals surface area contributed by atoms with E-state index in [-0.39, 0.29) is 5.91 Å². The standard InChI is InChI=1S/C18H26N2O2/c1-22-17-10-8-16(9-11-17)6-2-3-7-18(21)19-12-15-20-13-4-5-14-20/h2-3,8-11H,4-7,12-15H2,1H3,(H,19,21)/b3-2-. The lowest BCUT2D eigenvalue weighted by atomic mass is 10.1. The van der Waals surface area contributed by atoms with Crippen molar-refractivity contribution in [3.05, 3.63) is 42.0 Å². The van der Waals surface area contributed by atoms with Crippen LogP contribution in [-0.2, 0) is 11.2 Å². The number of rotatable bonds is 8. The highest BCUT2D eigenvalue weighted by molar-refractivity contribution is 5.77. The Morgan fingerprint density at radius 3 is 2.64 bits per heavy atom. The molecule has 1 heterocycles. The Morgan fingerprint density at radius 2 is 1.95 bits per heavy atom. The molecule has 1 saturated heterocycles. The summed E-state index contributed by atoms with van der Waals surface area (Å²) in [5, 5.41) is 2.97. The minimum atomic E-state index is 0.102. The van der Waals surface area contributed by atoms with Gasteiger partial charge in [-0.2, -0.15) is 0 Å². The number of carbonyl (C=O) groups is 1. The molecule has 4 nitrogen and oxygen atoms in total. The predicted molar refractivity (Wildman–Crippen MR) is 89.1 cm³/mol. The first-order chi connectivity index (χ1) is 10.8. The van der Waals surface area contributed by atoms with Crippen molar-refractivity contribution >= 4 is 5.91 Å². The van der Waals surface area contributed by atoms with Crippen LogP contribution in [0.15, 0.2) is 36.4 Å². The molecule has 120 valence electrons. The molecule has 0 spiro atoms. The fraction of sp³-hybridized carbons (Fsp3) is 0.500. The molecular weight excluding hydrogens is 276 g/mol. The van der Waals surface area contributed by atoms with E-state index in [1.54, 1.807) is 7.11 Å². The van der Waals surface area contributed by atoms with Gasteiger partial charge in [0.2, 0.25) is 5.91 Å². The summed E-state index contributed by atoms with van der Waals surface area (Å²) in [4.78, 5) is 14.1. The van der Waals surface area contributed by atoms with E-state index in [1.165, 1.54) is 31.5 Å². The van der Waals surface area contributed by atoms with Gasteiger partial charge in [0.15, 0.2) is 0 Å². The zero-order valence-electron chi connectivity index (χ0n) is 13.4. The van der Waals surface area contributed by atoms with E-state index in [0.717, 1.165) is 25.3 Å². The summed E-state index contributed by atoms with van der Waals surface area (Å²) in [5.41, 5.74) is 1.21. The Labute approximate surface area is 133 Å². The average Bonchev–Trinajstić information content (AvgIpc) is 3.05. The molecule has 4 heteroatoms.